The second-order valence-electron chi connectivity index (χ2n) is 7.53. The maximum Gasteiger partial charge on any atom is 0.228 e. The van der Waals surface area contributed by atoms with E-state index in [-0.39, 0.29) is 23.4 Å². The lowest BCUT2D eigenvalue weighted by Crippen LogP contribution is -2.40. The highest BCUT2D eigenvalue weighted by Gasteiger charge is 2.26. The van der Waals surface area contributed by atoms with Crippen LogP contribution in [0.5, 0.6) is 5.75 Å². The fourth-order valence-corrected chi connectivity index (χ4v) is 3.87. The third kappa shape index (κ3) is 4.68. The van der Waals surface area contributed by atoms with Gasteiger partial charge in [-0.1, -0.05) is 12.1 Å². The number of carbonyl (C=O) groups excluding carboxylic acids is 1. The van der Waals surface area contributed by atoms with Crippen LogP contribution in [-0.2, 0) is 11.3 Å². The number of carbonyl (C=O) groups is 1. The lowest BCUT2D eigenvalue weighted by molar-refractivity contribution is -0.121. The number of anilines is 1. The fraction of sp³-hybridized carbons (Fsp3) is 0.304. The summed E-state index contributed by atoms with van der Waals surface area (Å²) in [6.45, 7) is 2.25. The van der Waals surface area contributed by atoms with E-state index in [1.165, 1.54) is 13.2 Å². The van der Waals surface area contributed by atoms with E-state index in [9.17, 15) is 9.18 Å². The second kappa shape index (κ2) is 9.09. The van der Waals surface area contributed by atoms with Gasteiger partial charge in [0, 0.05) is 31.2 Å². The summed E-state index contributed by atoms with van der Waals surface area (Å²) in [5.41, 5.74) is 2.63. The average Bonchev–Trinajstić information content (AvgIpc) is 3.30. The van der Waals surface area contributed by atoms with Crippen molar-refractivity contribution in [2.75, 3.05) is 25.5 Å². The van der Waals surface area contributed by atoms with Gasteiger partial charge in [-0.25, -0.2) is 9.07 Å². The van der Waals surface area contributed by atoms with Crippen LogP contribution in [0, 0.1) is 11.7 Å². The normalized spacial score (nSPS) is 16.9. The number of methoxy groups -OCH3 is 1. The van der Waals surface area contributed by atoms with Gasteiger partial charge in [-0.15, -0.1) is 0 Å². The van der Waals surface area contributed by atoms with Gasteiger partial charge < -0.3 is 10.1 Å². The standard InChI is InChI=1S/C23H25FN4O2/c1-30-22-13-17(8-9-21(22)24)15-27-11-3-5-18(16-27)23(29)26-19-6-2-7-20(14-19)28-12-4-10-25-28/h2,4,6-10,12-14,18H,3,5,11,15-16H2,1H3,(H,26,29)/t18-/m1/s1. The Morgan fingerprint density at radius 2 is 2.17 bits per heavy atom. The number of nitrogens with zero attached hydrogens (tertiary/aromatic N) is 3. The van der Waals surface area contributed by atoms with Gasteiger partial charge in [0.15, 0.2) is 11.6 Å². The summed E-state index contributed by atoms with van der Waals surface area (Å²) in [7, 11) is 1.46. The first-order chi connectivity index (χ1) is 14.6. The Labute approximate surface area is 175 Å². The first kappa shape index (κ1) is 20.1. The van der Waals surface area contributed by atoms with Crippen molar-refractivity contribution in [2.45, 2.75) is 19.4 Å². The molecule has 1 amide bonds. The van der Waals surface area contributed by atoms with Crippen molar-refractivity contribution in [3.05, 3.63) is 72.3 Å². The monoisotopic (exact) mass is 408 g/mol. The molecule has 30 heavy (non-hydrogen) atoms. The predicted molar refractivity (Wildman–Crippen MR) is 113 cm³/mol. The van der Waals surface area contributed by atoms with Crippen molar-refractivity contribution in [1.29, 1.82) is 0 Å². The molecule has 0 radical (unpaired) electrons. The van der Waals surface area contributed by atoms with Gasteiger partial charge in [-0.2, -0.15) is 5.10 Å². The average molecular weight is 408 g/mol. The molecule has 1 saturated heterocycles. The molecule has 1 fully saturated rings. The Hall–Kier alpha value is -3.19. The number of amides is 1. The second-order valence-corrected chi connectivity index (χ2v) is 7.53. The van der Waals surface area contributed by atoms with Crippen LogP contribution < -0.4 is 10.1 Å². The van der Waals surface area contributed by atoms with Crippen LogP contribution >= 0.6 is 0 Å². The lowest BCUT2D eigenvalue weighted by atomic mass is 9.96. The Morgan fingerprint density at radius 1 is 1.27 bits per heavy atom. The Bertz CT molecular complexity index is 1010. The topological polar surface area (TPSA) is 59.4 Å². The number of rotatable bonds is 6. The summed E-state index contributed by atoms with van der Waals surface area (Å²) in [5, 5.41) is 7.28. The van der Waals surface area contributed by atoms with Crippen LogP contribution in [0.2, 0.25) is 0 Å². The minimum absolute atomic E-state index is 0.0222. The van der Waals surface area contributed by atoms with Crippen molar-refractivity contribution in [2.24, 2.45) is 5.92 Å². The summed E-state index contributed by atoms with van der Waals surface area (Å²) < 4.78 is 20.5. The van der Waals surface area contributed by atoms with E-state index in [0.29, 0.717) is 13.1 Å². The number of piperidine rings is 1. The van der Waals surface area contributed by atoms with Crippen LogP contribution in [-0.4, -0.2) is 40.8 Å². The van der Waals surface area contributed by atoms with Gasteiger partial charge >= 0.3 is 0 Å². The number of hydrogen-bond donors (Lipinski definition) is 1. The van der Waals surface area contributed by atoms with E-state index in [1.54, 1.807) is 23.0 Å². The van der Waals surface area contributed by atoms with Crippen LogP contribution in [0.25, 0.3) is 5.69 Å². The molecule has 1 aliphatic heterocycles. The molecule has 0 bridgehead atoms. The SMILES string of the molecule is COc1cc(CN2CCC[C@@H](C(=O)Nc3cccc(-n4cccn4)c3)C2)ccc1F. The van der Waals surface area contributed by atoms with Crippen molar-refractivity contribution in [1.82, 2.24) is 14.7 Å². The molecule has 1 aliphatic rings. The van der Waals surface area contributed by atoms with Gasteiger partial charge in [-0.05, 0) is 61.3 Å². The summed E-state index contributed by atoms with van der Waals surface area (Å²) in [4.78, 5) is 15.1. The molecule has 0 aliphatic carbocycles. The molecule has 1 atom stereocenters. The van der Waals surface area contributed by atoms with Crippen molar-refractivity contribution in [3.8, 4) is 11.4 Å². The molecule has 2 aromatic carbocycles. The van der Waals surface area contributed by atoms with E-state index in [4.69, 9.17) is 4.74 Å². The van der Waals surface area contributed by atoms with E-state index in [1.807, 2.05) is 36.5 Å². The molecule has 0 spiro atoms. The third-order valence-electron chi connectivity index (χ3n) is 5.38. The fourth-order valence-electron chi connectivity index (χ4n) is 3.87. The molecule has 3 aromatic rings. The predicted octanol–water partition coefficient (Wildman–Crippen LogP) is 3.87. The van der Waals surface area contributed by atoms with Gasteiger partial charge in [0.2, 0.25) is 5.91 Å². The highest BCUT2D eigenvalue weighted by Crippen LogP contribution is 2.24. The van der Waals surface area contributed by atoms with Crippen LogP contribution in [0.15, 0.2) is 60.9 Å². The molecule has 1 N–H and O–H groups in total. The van der Waals surface area contributed by atoms with Crippen molar-refractivity contribution in [3.63, 3.8) is 0 Å². The lowest BCUT2D eigenvalue weighted by Gasteiger charge is -2.32. The zero-order valence-electron chi connectivity index (χ0n) is 16.9. The smallest absolute Gasteiger partial charge is 0.228 e. The molecular formula is C23H25FN4O2. The summed E-state index contributed by atoms with van der Waals surface area (Å²) in [6.07, 6.45) is 5.39. The minimum Gasteiger partial charge on any atom is -0.494 e. The molecule has 0 unspecified atom stereocenters. The highest BCUT2D eigenvalue weighted by molar-refractivity contribution is 5.93. The maximum atomic E-state index is 13.6. The number of aromatic nitrogens is 2. The van der Waals surface area contributed by atoms with Crippen LogP contribution in [0.1, 0.15) is 18.4 Å². The number of hydrogen-bond acceptors (Lipinski definition) is 4. The van der Waals surface area contributed by atoms with Crippen LogP contribution in [0.3, 0.4) is 0 Å². The zero-order valence-corrected chi connectivity index (χ0v) is 16.9. The number of nitrogens with one attached hydrogen (secondary N) is 1. The molecule has 7 heteroatoms. The van der Waals surface area contributed by atoms with Gasteiger partial charge in [0.25, 0.3) is 0 Å². The Kier molecular flexibility index (Phi) is 6.09. The maximum absolute atomic E-state index is 13.6. The zero-order chi connectivity index (χ0) is 20.9. The quantitative estimate of drug-likeness (QED) is 0.673. The van der Waals surface area contributed by atoms with Crippen molar-refractivity contribution < 1.29 is 13.9 Å². The minimum atomic E-state index is -0.366. The molecule has 2 heterocycles. The van der Waals surface area contributed by atoms with Crippen molar-refractivity contribution >= 4 is 11.6 Å². The molecular weight excluding hydrogens is 383 g/mol. The van der Waals surface area contributed by atoms with E-state index >= 15 is 0 Å². The van der Waals surface area contributed by atoms with Gasteiger partial charge in [0.05, 0.1) is 18.7 Å². The number of likely N-dealkylation sites (tertiary alicyclic amines) is 1. The van der Waals surface area contributed by atoms with E-state index in [0.717, 1.165) is 36.3 Å². The molecule has 0 saturated carbocycles. The van der Waals surface area contributed by atoms with E-state index < -0.39 is 0 Å². The van der Waals surface area contributed by atoms with Gasteiger partial charge in [-0.3, -0.25) is 9.69 Å². The third-order valence-corrected chi connectivity index (χ3v) is 5.38. The molecule has 1 aromatic heterocycles. The number of benzene rings is 2. The van der Waals surface area contributed by atoms with E-state index in [2.05, 4.69) is 15.3 Å². The van der Waals surface area contributed by atoms with Crippen LogP contribution in [0.4, 0.5) is 10.1 Å². The number of ether oxygens (including phenoxy) is 1. The molecule has 6 nitrogen and oxygen atoms in total. The summed E-state index contributed by atoms with van der Waals surface area (Å²) in [5.74, 6) is -0.186. The Morgan fingerprint density at radius 3 is 2.97 bits per heavy atom. The Balaban J connectivity index is 1.38. The van der Waals surface area contributed by atoms with Gasteiger partial charge in [0.1, 0.15) is 0 Å². The summed E-state index contributed by atoms with van der Waals surface area (Å²) in [6, 6.07) is 14.4. The first-order valence-electron chi connectivity index (χ1n) is 10.1. The summed E-state index contributed by atoms with van der Waals surface area (Å²) >= 11 is 0. The molecule has 4 rings (SSSR count). The number of halogens is 1. The molecule has 156 valence electrons. The highest BCUT2D eigenvalue weighted by atomic mass is 19.1. The largest absolute Gasteiger partial charge is 0.494 e. The first-order valence-corrected chi connectivity index (χ1v) is 10.1.